The summed E-state index contributed by atoms with van der Waals surface area (Å²) < 4.78 is 11.3. The zero-order valence-corrected chi connectivity index (χ0v) is 17.5. The topological polar surface area (TPSA) is 68.5 Å². The van der Waals surface area contributed by atoms with E-state index in [1.54, 1.807) is 18.2 Å². The number of hydrogen-bond donors (Lipinski definition) is 1. The second kappa shape index (κ2) is 8.88. The van der Waals surface area contributed by atoms with Crippen LogP contribution in [0.5, 0.6) is 5.75 Å². The molecule has 156 valence electrons. The number of nitrogens with one attached hydrogen (secondary N) is 1. The number of amides is 1. The van der Waals surface area contributed by atoms with Crippen molar-refractivity contribution in [3.05, 3.63) is 111 Å². The van der Waals surface area contributed by atoms with E-state index in [1.807, 2.05) is 62.4 Å². The third-order valence-corrected chi connectivity index (χ3v) is 5.26. The average molecular weight is 413 g/mol. The maximum Gasteiger partial charge on any atom is 0.336 e. The Balaban J connectivity index is 1.55. The van der Waals surface area contributed by atoms with Crippen molar-refractivity contribution in [1.82, 2.24) is 5.32 Å². The van der Waals surface area contributed by atoms with E-state index in [2.05, 4.69) is 5.32 Å². The van der Waals surface area contributed by atoms with E-state index in [0.29, 0.717) is 29.0 Å². The van der Waals surface area contributed by atoms with Gasteiger partial charge in [-0.15, -0.1) is 0 Å². The van der Waals surface area contributed by atoms with Crippen LogP contribution in [0.4, 0.5) is 0 Å². The summed E-state index contributed by atoms with van der Waals surface area (Å²) in [5.74, 6) is 0.238. The molecule has 1 heterocycles. The van der Waals surface area contributed by atoms with E-state index >= 15 is 0 Å². The number of rotatable bonds is 6. The third kappa shape index (κ3) is 4.67. The molecule has 0 radical (unpaired) electrons. The highest BCUT2D eigenvalue weighted by Crippen LogP contribution is 2.24. The van der Waals surface area contributed by atoms with Crippen LogP contribution in [-0.4, -0.2) is 5.91 Å². The van der Waals surface area contributed by atoms with Crippen LogP contribution in [0.1, 0.15) is 32.6 Å². The summed E-state index contributed by atoms with van der Waals surface area (Å²) in [5, 5.41) is 3.75. The Morgan fingerprint density at radius 3 is 2.45 bits per heavy atom. The average Bonchev–Trinajstić information content (AvgIpc) is 2.78. The Morgan fingerprint density at radius 2 is 1.65 bits per heavy atom. The molecule has 4 rings (SSSR count). The van der Waals surface area contributed by atoms with Crippen LogP contribution in [0.25, 0.3) is 11.0 Å². The summed E-state index contributed by atoms with van der Waals surface area (Å²) in [6.45, 7) is 4.56. The van der Waals surface area contributed by atoms with E-state index in [9.17, 15) is 9.59 Å². The Labute approximate surface area is 180 Å². The number of para-hydroxylation sites is 1. The predicted octanol–water partition coefficient (Wildman–Crippen LogP) is 4.92. The van der Waals surface area contributed by atoms with Crippen molar-refractivity contribution < 1.29 is 13.9 Å². The van der Waals surface area contributed by atoms with Crippen molar-refractivity contribution >= 4 is 16.9 Å². The first-order valence-corrected chi connectivity index (χ1v) is 10.1. The first kappa shape index (κ1) is 20.4. The summed E-state index contributed by atoms with van der Waals surface area (Å²) in [5.41, 5.74) is 4.43. The van der Waals surface area contributed by atoms with E-state index < -0.39 is 5.63 Å². The van der Waals surface area contributed by atoms with E-state index in [4.69, 9.17) is 9.15 Å². The molecule has 0 fully saturated rings. The van der Waals surface area contributed by atoms with Crippen LogP contribution in [0.3, 0.4) is 0 Å². The van der Waals surface area contributed by atoms with Crippen LogP contribution in [0, 0.1) is 13.8 Å². The van der Waals surface area contributed by atoms with Gasteiger partial charge < -0.3 is 14.5 Å². The minimum Gasteiger partial charge on any atom is -0.488 e. The molecule has 1 amide bonds. The first-order chi connectivity index (χ1) is 15.0. The fourth-order valence-corrected chi connectivity index (χ4v) is 3.41. The number of carbonyl (C=O) groups excluding carboxylic acids is 1. The van der Waals surface area contributed by atoms with Crippen LogP contribution in [0.2, 0.25) is 0 Å². The molecule has 0 unspecified atom stereocenters. The number of benzene rings is 3. The molecule has 5 nitrogen and oxygen atoms in total. The monoisotopic (exact) mass is 413 g/mol. The fraction of sp³-hybridized carbons (Fsp3) is 0.154. The molecular formula is C26H23NO4. The normalized spacial score (nSPS) is 10.8. The smallest absolute Gasteiger partial charge is 0.336 e. The molecule has 0 saturated heterocycles. The largest absolute Gasteiger partial charge is 0.488 e. The summed E-state index contributed by atoms with van der Waals surface area (Å²) >= 11 is 0. The van der Waals surface area contributed by atoms with Gasteiger partial charge in [0, 0.05) is 23.6 Å². The van der Waals surface area contributed by atoms with Crippen LogP contribution >= 0.6 is 0 Å². The van der Waals surface area contributed by atoms with Gasteiger partial charge in [0.2, 0.25) is 0 Å². The minimum atomic E-state index is -0.428. The molecule has 1 N–H and O–H groups in total. The fourth-order valence-electron chi connectivity index (χ4n) is 3.41. The lowest BCUT2D eigenvalue weighted by atomic mass is 10.0. The number of ether oxygens (including phenoxy) is 1. The molecule has 0 bridgehead atoms. The van der Waals surface area contributed by atoms with Crippen molar-refractivity contribution in [2.24, 2.45) is 0 Å². The van der Waals surface area contributed by atoms with Crippen molar-refractivity contribution in [2.45, 2.75) is 27.0 Å². The molecule has 1 aromatic heterocycles. The number of carbonyl (C=O) groups is 1. The van der Waals surface area contributed by atoms with Crippen molar-refractivity contribution in [3.8, 4) is 5.75 Å². The summed E-state index contributed by atoms with van der Waals surface area (Å²) in [7, 11) is 0. The van der Waals surface area contributed by atoms with Gasteiger partial charge in [-0.1, -0.05) is 42.5 Å². The maximum absolute atomic E-state index is 12.7. The number of aryl methyl sites for hydroxylation is 2. The second-order valence-electron chi connectivity index (χ2n) is 7.48. The maximum atomic E-state index is 12.7. The molecule has 0 spiro atoms. The lowest BCUT2D eigenvalue weighted by Crippen LogP contribution is -2.23. The summed E-state index contributed by atoms with van der Waals surface area (Å²) in [4.78, 5) is 24.8. The van der Waals surface area contributed by atoms with Gasteiger partial charge in [-0.2, -0.15) is 0 Å². The summed E-state index contributed by atoms with van der Waals surface area (Å²) in [6, 6.07) is 22.1. The number of fused-ring (bicyclic) bond motifs is 1. The zero-order chi connectivity index (χ0) is 21.8. The predicted molar refractivity (Wildman–Crippen MR) is 120 cm³/mol. The molecule has 0 aliphatic carbocycles. The highest BCUT2D eigenvalue weighted by atomic mass is 16.5. The summed E-state index contributed by atoms with van der Waals surface area (Å²) in [6.07, 6.45) is 0. The lowest BCUT2D eigenvalue weighted by Gasteiger charge is -2.13. The lowest BCUT2D eigenvalue weighted by molar-refractivity contribution is 0.0946. The van der Waals surface area contributed by atoms with Crippen molar-refractivity contribution in [2.75, 3.05) is 0 Å². The molecule has 5 heteroatoms. The van der Waals surface area contributed by atoms with Crippen molar-refractivity contribution in [1.29, 1.82) is 0 Å². The molecule has 0 aliphatic rings. The molecular weight excluding hydrogens is 390 g/mol. The number of hydrogen-bond acceptors (Lipinski definition) is 4. The molecule has 0 aliphatic heterocycles. The van der Waals surface area contributed by atoms with Gasteiger partial charge in [0.1, 0.15) is 17.9 Å². The van der Waals surface area contributed by atoms with E-state index in [1.165, 1.54) is 6.07 Å². The third-order valence-electron chi connectivity index (χ3n) is 5.26. The molecule has 0 saturated carbocycles. The highest BCUT2D eigenvalue weighted by molar-refractivity contribution is 5.96. The SMILES string of the molecule is Cc1cc2oc(=O)cc(COc3ccccc3C(=O)NCc3ccccc3)c2cc1C. The zero-order valence-electron chi connectivity index (χ0n) is 17.5. The first-order valence-electron chi connectivity index (χ1n) is 10.1. The molecule has 0 atom stereocenters. The molecule has 3 aromatic carbocycles. The standard InChI is InChI=1S/C26H23NO4/c1-17-12-22-20(14-25(28)31-24(22)13-18(17)2)16-30-23-11-7-6-10-21(23)26(29)27-15-19-8-4-3-5-9-19/h3-14H,15-16H2,1-2H3,(H,27,29). The van der Waals surface area contributed by atoms with Crippen molar-refractivity contribution in [3.63, 3.8) is 0 Å². The minimum absolute atomic E-state index is 0.146. The second-order valence-corrected chi connectivity index (χ2v) is 7.48. The molecule has 31 heavy (non-hydrogen) atoms. The Hall–Kier alpha value is -3.86. The van der Waals surface area contributed by atoms with Gasteiger partial charge in [0.25, 0.3) is 5.91 Å². The van der Waals surface area contributed by atoms with Gasteiger partial charge in [0.15, 0.2) is 0 Å². The quantitative estimate of drug-likeness (QED) is 0.456. The Morgan fingerprint density at radius 1 is 0.935 bits per heavy atom. The van der Waals surface area contributed by atoms with Gasteiger partial charge >= 0.3 is 5.63 Å². The van der Waals surface area contributed by atoms with Crippen LogP contribution < -0.4 is 15.7 Å². The van der Waals surface area contributed by atoms with Gasteiger partial charge in [-0.05, 0) is 54.8 Å². The van der Waals surface area contributed by atoms with E-state index in [-0.39, 0.29) is 12.5 Å². The Bertz CT molecular complexity index is 1290. The van der Waals surface area contributed by atoms with E-state index in [0.717, 1.165) is 22.1 Å². The molecule has 4 aromatic rings. The van der Waals surface area contributed by atoms with Gasteiger partial charge in [-0.25, -0.2) is 4.79 Å². The van der Waals surface area contributed by atoms with Crippen LogP contribution in [-0.2, 0) is 13.2 Å². The highest BCUT2D eigenvalue weighted by Gasteiger charge is 2.14. The van der Waals surface area contributed by atoms with Gasteiger partial charge in [0.05, 0.1) is 5.56 Å². The van der Waals surface area contributed by atoms with Crippen LogP contribution in [0.15, 0.2) is 82.0 Å². The van der Waals surface area contributed by atoms with Gasteiger partial charge in [-0.3, -0.25) is 4.79 Å². The Kier molecular flexibility index (Phi) is 5.85.